The molecule has 1 saturated heterocycles. The van der Waals surface area contributed by atoms with Gasteiger partial charge in [-0.15, -0.1) is 12.4 Å². The van der Waals surface area contributed by atoms with E-state index in [-0.39, 0.29) is 24.0 Å². The third-order valence-electron chi connectivity index (χ3n) is 3.44. The van der Waals surface area contributed by atoms with Gasteiger partial charge in [-0.05, 0) is 31.2 Å². The van der Waals surface area contributed by atoms with Crippen molar-refractivity contribution in [3.63, 3.8) is 0 Å². The van der Waals surface area contributed by atoms with E-state index in [9.17, 15) is 13.2 Å². The van der Waals surface area contributed by atoms with Crippen LogP contribution < -0.4 is 10.6 Å². The minimum absolute atomic E-state index is 0. The van der Waals surface area contributed by atoms with Crippen LogP contribution in [0.25, 0.3) is 10.9 Å². The van der Waals surface area contributed by atoms with Gasteiger partial charge in [-0.25, -0.2) is 0 Å². The van der Waals surface area contributed by atoms with E-state index in [0.29, 0.717) is 11.1 Å². The van der Waals surface area contributed by atoms with Gasteiger partial charge < -0.3 is 10.6 Å². The molecule has 0 radical (unpaired) electrons. The smallest absolute Gasteiger partial charge is 0.381 e. The van der Waals surface area contributed by atoms with E-state index in [2.05, 4.69) is 15.6 Å². The van der Waals surface area contributed by atoms with Crippen LogP contribution >= 0.6 is 12.4 Å². The molecule has 2 heterocycles. The number of nitrogens with zero attached hydrogens (tertiary/aromatic N) is 1. The molecule has 2 aromatic rings. The van der Waals surface area contributed by atoms with Gasteiger partial charge in [0.2, 0.25) is 0 Å². The van der Waals surface area contributed by atoms with Gasteiger partial charge in [0.1, 0.15) is 0 Å². The van der Waals surface area contributed by atoms with Crippen LogP contribution in [-0.2, 0) is 6.18 Å². The monoisotopic (exact) mass is 317 g/mol. The van der Waals surface area contributed by atoms with Gasteiger partial charge >= 0.3 is 6.18 Å². The van der Waals surface area contributed by atoms with Crippen molar-refractivity contribution in [1.29, 1.82) is 0 Å². The molecule has 21 heavy (non-hydrogen) atoms. The van der Waals surface area contributed by atoms with Crippen molar-refractivity contribution in [2.45, 2.75) is 18.6 Å². The molecule has 1 aromatic carbocycles. The van der Waals surface area contributed by atoms with Crippen LogP contribution in [0.5, 0.6) is 0 Å². The Morgan fingerprint density at radius 2 is 2.10 bits per heavy atom. The predicted octanol–water partition coefficient (Wildman–Crippen LogP) is 3.45. The van der Waals surface area contributed by atoms with Crippen molar-refractivity contribution >= 4 is 29.0 Å². The molecule has 0 bridgehead atoms. The number of alkyl halides is 3. The number of hydrogen-bond acceptors (Lipinski definition) is 3. The van der Waals surface area contributed by atoms with E-state index < -0.39 is 11.7 Å². The molecular formula is C14H15ClF3N3. The lowest BCUT2D eigenvalue weighted by molar-refractivity contribution is -0.136. The molecule has 0 amide bonds. The van der Waals surface area contributed by atoms with Crippen molar-refractivity contribution in [3.8, 4) is 0 Å². The number of benzene rings is 1. The SMILES string of the molecule is Cl.FC(F)(F)c1cc(N[C@H]2CCNC2)cc2cccnc12. The molecule has 3 nitrogen and oxygen atoms in total. The topological polar surface area (TPSA) is 37.0 Å². The summed E-state index contributed by atoms with van der Waals surface area (Å²) in [6.07, 6.45) is -2.11. The van der Waals surface area contributed by atoms with Crippen LogP contribution in [0.3, 0.4) is 0 Å². The quantitative estimate of drug-likeness (QED) is 0.891. The molecule has 1 aromatic heterocycles. The Balaban J connectivity index is 0.00000161. The van der Waals surface area contributed by atoms with Crippen molar-refractivity contribution in [2.24, 2.45) is 0 Å². The maximum atomic E-state index is 13.1. The zero-order chi connectivity index (χ0) is 14.2. The van der Waals surface area contributed by atoms with Crippen LogP contribution in [0.4, 0.5) is 18.9 Å². The van der Waals surface area contributed by atoms with Crippen molar-refractivity contribution < 1.29 is 13.2 Å². The molecule has 1 fully saturated rings. The number of rotatable bonds is 2. The van der Waals surface area contributed by atoms with Gasteiger partial charge in [0, 0.05) is 29.9 Å². The molecule has 1 atom stereocenters. The highest BCUT2D eigenvalue weighted by molar-refractivity contribution is 5.86. The van der Waals surface area contributed by atoms with Gasteiger partial charge in [0.15, 0.2) is 0 Å². The summed E-state index contributed by atoms with van der Waals surface area (Å²) < 4.78 is 39.4. The standard InChI is InChI=1S/C14H14F3N3.ClH/c15-14(16,17)12-7-11(20-10-3-5-18-8-10)6-9-2-1-4-19-13(9)12;/h1-2,4,6-7,10,18,20H,3,5,8H2;1H/t10-;/m0./s1. The fraction of sp³-hybridized carbons (Fsp3) is 0.357. The van der Waals surface area contributed by atoms with E-state index in [4.69, 9.17) is 0 Å². The Hall–Kier alpha value is -1.53. The van der Waals surface area contributed by atoms with Gasteiger partial charge in [0.05, 0.1) is 11.1 Å². The van der Waals surface area contributed by atoms with E-state index in [1.807, 2.05) is 0 Å². The molecule has 0 saturated carbocycles. The number of halogens is 4. The predicted molar refractivity (Wildman–Crippen MR) is 78.9 cm³/mol. The minimum Gasteiger partial charge on any atom is -0.381 e. The number of anilines is 1. The second-order valence-electron chi connectivity index (χ2n) is 4.93. The molecule has 1 aliphatic rings. The maximum Gasteiger partial charge on any atom is 0.418 e. The third-order valence-corrected chi connectivity index (χ3v) is 3.44. The van der Waals surface area contributed by atoms with Gasteiger partial charge in [-0.1, -0.05) is 6.07 Å². The molecule has 114 valence electrons. The lowest BCUT2D eigenvalue weighted by Crippen LogP contribution is -2.22. The van der Waals surface area contributed by atoms with Crippen LogP contribution in [0.2, 0.25) is 0 Å². The normalized spacial score (nSPS) is 18.5. The molecule has 7 heteroatoms. The number of fused-ring (bicyclic) bond motifs is 1. The maximum absolute atomic E-state index is 13.1. The molecule has 1 aliphatic heterocycles. The Morgan fingerprint density at radius 3 is 2.76 bits per heavy atom. The van der Waals surface area contributed by atoms with E-state index in [1.54, 1.807) is 18.2 Å². The second kappa shape index (κ2) is 6.07. The van der Waals surface area contributed by atoms with Crippen molar-refractivity contribution in [2.75, 3.05) is 18.4 Å². The average molecular weight is 318 g/mol. The van der Waals surface area contributed by atoms with Gasteiger partial charge in [0.25, 0.3) is 0 Å². The molecule has 2 N–H and O–H groups in total. The lowest BCUT2D eigenvalue weighted by atomic mass is 10.1. The summed E-state index contributed by atoms with van der Waals surface area (Å²) in [5.74, 6) is 0. The zero-order valence-corrected chi connectivity index (χ0v) is 11.9. The molecule has 3 rings (SSSR count). The van der Waals surface area contributed by atoms with Crippen LogP contribution in [0.1, 0.15) is 12.0 Å². The summed E-state index contributed by atoms with van der Waals surface area (Å²) in [4.78, 5) is 3.86. The van der Waals surface area contributed by atoms with Gasteiger partial charge in [-0.3, -0.25) is 4.98 Å². The van der Waals surface area contributed by atoms with Crippen LogP contribution in [0, 0.1) is 0 Å². The first-order valence-electron chi connectivity index (χ1n) is 6.47. The first-order chi connectivity index (χ1) is 9.54. The van der Waals surface area contributed by atoms with Crippen LogP contribution in [-0.4, -0.2) is 24.1 Å². The Labute approximate surface area is 126 Å². The summed E-state index contributed by atoms with van der Waals surface area (Å²) in [7, 11) is 0. The Kier molecular flexibility index (Phi) is 4.58. The first-order valence-corrected chi connectivity index (χ1v) is 6.47. The highest BCUT2D eigenvalue weighted by Crippen LogP contribution is 2.36. The molecular weight excluding hydrogens is 303 g/mol. The fourth-order valence-electron chi connectivity index (χ4n) is 2.51. The van der Waals surface area contributed by atoms with Gasteiger partial charge in [-0.2, -0.15) is 13.2 Å². The molecule has 0 unspecified atom stereocenters. The second-order valence-corrected chi connectivity index (χ2v) is 4.93. The zero-order valence-electron chi connectivity index (χ0n) is 11.1. The summed E-state index contributed by atoms with van der Waals surface area (Å²) in [6, 6.07) is 6.33. The summed E-state index contributed by atoms with van der Waals surface area (Å²) in [6.45, 7) is 1.66. The fourth-order valence-corrected chi connectivity index (χ4v) is 2.51. The number of aromatic nitrogens is 1. The summed E-state index contributed by atoms with van der Waals surface area (Å²) in [5.41, 5.74) is -0.203. The first kappa shape index (κ1) is 15.9. The summed E-state index contributed by atoms with van der Waals surface area (Å²) >= 11 is 0. The van der Waals surface area contributed by atoms with Crippen LogP contribution in [0.15, 0.2) is 30.5 Å². The number of pyridine rings is 1. The highest BCUT2D eigenvalue weighted by atomic mass is 35.5. The number of nitrogens with one attached hydrogen (secondary N) is 2. The van der Waals surface area contributed by atoms with E-state index in [0.717, 1.165) is 25.6 Å². The van der Waals surface area contributed by atoms with Crippen molar-refractivity contribution in [3.05, 3.63) is 36.0 Å². The van der Waals surface area contributed by atoms with E-state index >= 15 is 0 Å². The third kappa shape index (κ3) is 3.39. The molecule has 0 aliphatic carbocycles. The highest BCUT2D eigenvalue weighted by Gasteiger charge is 2.34. The van der Waals surface area contributed by atoms with E-state index in [1.165, 1.54) is 6.20 Å². The number of hydrogen-bond donors (Lipinski definition) is 2. The Morgan fingerprint density at radius 1 is 1.29 bits per heavy atom. The average Bonchev–Trinajstić information content (AvgIpc) is 2.89. The Bertz CT molecular complexity index is 624. The lowest BCUT2D eigenvalue weighted by Gasteiger charge is -2.16. The molecule has 0 spiro atoms. The minimum atomic E-state index is -4.40. The largest absolute Gasteiger partial charge is 0.418 e. The van der Waals surface area contributed by atoms with Crippen molar-refractivity contribution in [1.82, 2.24) is 10.3 Å². The summed E-state index contributed by atoms with van der Waals surface area (Å²) in [5, 5.41) is 6.83.